The predicted octanol–water partition coefficient (Wildman–Crippen LogP) is 4.73. The third kappa shape index (κ3) is 5.15. The maximum Gasteiger partial charge on any atom is 0.123 e. The van der Waals surface area contributed by atoms with Crippen LogP contribution in [0.5, 0.6) is 11.5 Å². The van der Waals surface area contributed by atoms with E-state index in [9.17, 15) is 10.2 Å². The molecule has 0 radical (unpaired) electrons. The van der Waals surface area contributed by atoms with E-state index in [0.717, 1.165) is 19.3 Å². The molecule has 1 aliphatic rings. The Morgan fingerprint density at radius 2 is 1.88 bits per heavy atom. The fraction of sp³-hybridized carbons (Fsp3) is 0.450. The largest absolute Gasteiger partial charge is 0.507 e. The van der Waals surface area contributed by atoms with E-state index in [2.05, 4.69) is 31.8 Å². The van der Waals surface area contributed by atoms with Crippen molar-refractivity contribution in [3.63, 3.8) is 0 Å². The normalized spacial score (nSPS) is 18.1. The lowest BCUT2D eigenvalue weighted by molar-refractivity contribution is 0.428. The molecule has 1 aliphatic carbocycles. The molecule has 4 nitrogen and oxygen atoms in total. The van der Waals surface area contributed by atoms with Gasteiger partial charge in [0.1, 0.15) is 11.5 Å². The lowest BCUT2D eigenvalue weighted by Crippen LogP contribution is -2.03. The Balaban J connectivity index is 0.000000891. The molecular weight excluding hydrogens is 300 g/mol. The van der Waals surface area contributed by atoms with Gasteiger partial charge in [-0.3, -0.25) is 4.99 Å². The van der Waals surface area contributed by atoms with Gasteiger partial charge in [-0.15, -0.1) is 0 Å². The highest BCUT2D eigenvalue weighted by Crippen LogP contribution is 2.42. The average Bonchev–Trinajstić information content (AvgIpc) is 2.52. The van der Waals surface area contributed by atoms with Crippen LogP contribution in [-0.2, 0) is 0 Å². The molecular formula is C20H30N2O2. The Morgan fingerprint density at radius 3 is 2.33 bits per heavy atom. The summed E-state index contributed by atoms with van der Waals surface area (Å²) in [5, 5.41) is 20.6. The van der Waals surface area contributed by atoms with Crippen LogP contribution in [0, 0.1) is 0 Å². The van der Waals surface area contributed by atoms with Crippen molar-refractivity contribution in [3.05, 3.63) is 41.1 Å². The van der Waals surface area contributed by atoms with Gasteiger partial charge >= 0.3 is 0 Å². The molecule has 0 saturated carbocycles. The molecule has 0 fully saturated rings. The summed E-state index contributed by atoms with van der Waals surface area (Å²) in [5.41, 5.74) is 8.77. The van der Waals surface area contributed by atoms with Crippen molar-refractivity contribution in [3.8, 4) is 11.5 Å². The summed E-state index contributed by atoms with van der Waals surface area (Å²) in [6, 6.07) is 3.26. The Hall–Kier alpha value is -2.23. The van der Waals surface area contributed by atoms with E-state index >= 15 is 0 Å². The zero-order valence-electron chi connectivity index (χ0n) is 15.2. The van der Waals surface area contributed by atoms with E-state index in [1.807, 2.05) is 0 Å². The van der Waals surface area contributed by atoms with Crippen molar-refractivity contribution in [2.45, 2.75) is 52.4 Å². The van der Waals surface area contributed by atoms with Gasteiger partial charge in [0.05, 0.1) is 0 Å². The predicted molar refractivity (Wildman–Crippen MR) is 103 cm³/mol. The Morgan fingerprint density at radius 1 is 1.29 bits per heavy atom. The molecule has 2 rings (SSSR count). The maximum atomic E-state index is 10.3. The van der Waals surface area contributed by atoms with Crippen molar-refractivity contribution in [2.24, 2.45) is 10.7 Å². The zero-order chi connectivity index (χ0) is 18.1. The molecule has 1 aromatic carbocycles. The second-order valence-corrected chi connectivity index (χ2v) is 6.16. The number of allylic oxidation sites excluding steroid dienone is 3. The molecule has 24 heavy (non-hydrogen) atoms. The van der Waals surface area contributed by atoms with Crippen LogP contribution in [0.4, 0.5) is 0 Å². The summed E-state index contributed by atoms with van der Waals surface area (Å²) in [6.45, 7) is 6.33. The highest BCUT2D eigenvalue weighted by atomic mass is 16.3. The van der Waals surface area contributed by atoms with E-state index in [1.54, 1.807) is 25.4 Å². The van der Waals surface area contributed by atoms with E-state index in [-0.39, 0.29) is 17.4 Å². The number of hydrogen-bond donors (Lipinski definition) is 3. The standard InChI is InChI=1S/C17H22N2O2.C3H8/c1-11-4-3-5-12(6-11)17-15(20)7-13(8-16(17)21)14(9-18)10-19-2;1-3-2/h6-10,12,20-21H,3-5,18H2,1-2H3;3H2,1-2H3/b14-9+,19-10?;. The van der Waals surface area contributed by atoms with Crippen LogP contribution in [0.1, 0.15) is 63.5 Å². The number of benzene rings is 1. The van der Waals surface area contributed by atoms with E-state index in [1.165, 1.54) is 18.2 Å². The summed E-state index contributed by atoms with van der Waals surface area (Å²) in [5.74, 6) is 0.271. The molecule has 1 aromatic rings. The first-order valence-electron chi connectivity index (χ1n) is 8.55. The molecule has 4 N–H and O–H groups in total. The molecule has 0 aromatic heterocycles. The summed E-state index contributed by atoms with van der Waals surface area (Å²) in [6.07, 6.45) is 9.48. The van der Waals surface area contributed by atoms with Gasteiger partial charge in [0.2, 0.25) is 0 Å². The Bertz CT molecular complexity index is 608. The number of phenolic OH excluding ortho intramolecular Hbond substituents is 2. The molecule has 0 spiro atoms. The second-order valence-electron chi connectivity index (χ2n) is 6.16. The monoisotopic (exact) mass is 330 g/mol. The minimum absolute atomic E-state index is 0.0675. The number of hydrogen-bond acceptors (Lipinski definition) is 4. The van der Waals surface area contributed by atoms with Crippen LogP contribution >= 0.6 is 0 Å². The summed E-state index contributed by atoms with van der Waals surface area (Å²) in [7, 11) is 1.65. The van der Waals surface area contributed by atoms with Gasteiger partial charge in [-0.1, -0.05) is 31.9 Å². The van der Waals surface area contributed by atoms with Gasteiger partial charge in [0.15, 0.2) is 0 Å². The quantitative estimate of drug-likeness (QED) is 0.554. The minimum atomic E-state index is 0.0675. The summed E-state index contributed by atoms with van der Waals surface area (Å²) in [4.78, 5) is 3.92. The topological polar surface area (TPSA) is 78.8 Å². The van der Waals surface area contributed by atoms with Gasteiger partial charge in [-0.25, -0.2) is 0 Å². The first kappa shape index (κ1) is 19.8. The van der Waals surface area contributed by atoms with Crippen molar-refractivity contribution < 1.29 is 10.2 Å². The van der Waals surface area contributed by atoms with Crippen LogP contribution in [0.25, 0.3) is 5.57 Å². The molecule has 0 aliphatic heterocycles. The van der Waals surface area contributed by atoms with Crippen LogP contribution in [0.3, 0.4) is 0 Å². The van der Waals surface area contributed by atoms with Crippen molar-refractivity contribution in [2.75, 3.05) is 7.05 Å². The number of nitrogens with zero attached hydrogens (tertiary/aromatic N) is 1. The van der Waals surface area contributed by atoms with Gasteiger partial charge < -0.3 is 15.9 Å². The fourth-order valence-electron chi connectivity index (χ4n) is 2.86. The molecule has 132 valence electrons. The number of aliphatic imine (C=N–C) groups is 1. The molecule has 0 amide bonds. The van der Waals surface area contributed by atoms with Crippen LogP contribution in [0.2, 0.25) is 0 Å². The summed E-state index contributed by atoms with van der Waals surface area (Å²) < 4.78 is 0. The van der Waals surface area contributed by atoms with Gasteiger partial charge in [0.25, 0.3) is 0 Å². The lowest BCUT2D eigenvalue weighted by atomic mass is 9.84. The van der Waals surface area contributed by atoms with E-state index in [4.69, 9.17) is 5.73 Å². The Kier molecular flexibility index (Phi) is 8.10. The molecule has 1 atom stereocenters. The third-order valence-corrected chi connectivity index (χ3v) is 3.86. The number of phenols is 2. The zero-order valence-corrected chi connectivity index (χ0v) is 15.2. The Labute approximate surface area is 145 Å². The lowest BCUT2D eigenvalue weighted by Gasteiger charge is -2.22. The number of nitrogens with two attached hydrogens (primary N) is 1. The molecule has 1 unspecified atom stereocenters. The molecule has 0 heterocycles. The van der Waals surface area contributed by atoms with E-state index in [0.29, 0.717) is 16.7 Å². The maximum absolute atomic E-state index is 10.3. The molecule has 0 bridgehead atoms. The van der Waals surface area contributed by atoms with Crippen molar-refractivity contribution in [1.29, 1.82) is 0 Å². The highest BCUT2D eigenvalue weighted by Gasteiger charge is 2.21. The van der Waals surface area contributed by atoms with Gasteiger partial charge in [-0.2, -0.15) is 0 Å². The second kappa shape index (κ2) is 9.81. The molecule has 0 saturated heterocycles. The minimum Gasteiger partial charge on any atom is -0.507 e. The summed E-state index contributed by atoms with van der Waals surface area (Å²) >= 11 is 0. The van der Waals surface area contributed by atoms with Gasteiger partial charge in [0, 0.05) is 36.5 Å². The van der Waals surface area contributed by atoms with Crippen molar-refractivity contribution in [1.82, 2.24) is 0 Å². The first-order chi connectivity index (χ1) is 11.5. The fourth-order valence-corrected chi connectivity index (χ4v) is 2.86. The van der Waals surface area contributed by atoms with Crippen LogP contribution < -0.4 is 5.73 Å². The number of rotatable bonds is 3. The van der Waals surface area contributed by atoms with Crippen LogP contribution in [-0.4, -0.2) is 23.5 Å². The van der Waals surface area contributed by atoms with Crippen LogP contribution in [0.15, 0.2) is 35.0 Å². The third-order valence-electron chi connectivity index (χ3n) is 3.86. The SMILES string of the molecule is CCC.CN=C/C(=C\N)c1cc(O)c(C2C=C(C)CCC2)c(O)c1. The van der Waals surface area contributed by atoms with Crippen molar-refractivity contribution >= 4 is 11.8 Å². The van der Waals surface area contributed by atoms with Gasteiger partial charge in [-0.05, 0) is 43.9 Å². The highest BCUT2D eigenvalue weighted by molar-refractivity contribution is 6.09. The first-order valence-corrected chi connectivity index (χ1v) is 8.55. The molecule has 4 heteroatoms. The van der Waals surface area contributed by atoms with E-state index < -0.39 is 0 Å². The average molecular weight is 330 g/mol. The number of aromatic hydroxyl groups is 2. The smallest absolute Gasteiger partial charge is 0.123 e.